The predicted octanol–water partition coefficient (Wildman–Crippen LogP) is 9.11. The van der Waals surface area contributed by atoms with Gasteiger partial charge in [0.15, 0.2) is 0 Å². The predicted molar refractivity (Wildman–Crippen MR) is 191 cm³/mol. The second kappa shape index (κ2) is 17.7. The number of hydrogen-bond acceptors (Lipinski definition) is 5. The van der Waals surface area contributed by atoms with Crippen LogP contribution in [0.4, 0.5) is 26.7 Å². The van der Waals surface area contributed by atoms with Crippen LogP contribution in [0.5, 0.6) is 5.75 Å². The molecule has 12 heteroatoms. The number of hydrogen-bond donors (Lipinski definition) is 1. The van der Waals surface area contributed by atoms with Gasteiger partial charge in [-0.2, -0.15) is 22.0 Å². The fraction of sp³-hybridized carbons (Fsp3) is 0.821. The Balaban J connectivity index is 1.09. The van der Waals surface area contributed by atoms with Gasteiger partial charge in [-0.3, -0.25) is 0 Å². The SMILES string of the molecule is CN1CCCN(C(=O)Oc2ccc3c(c2)CC(CCCCCCCCC[S+]([O-])CCCC(F)(F)C(F)(F)F)C2C3CCC3(C)C(O)CCC23)CC1. The Morgan fingerprint density at radius 2 is 1.67 bits per heavy atom. The minimum atomic E-state index is -5.55. The number of fused-ring (bicyclic) bond motifs is 5. The molecule has 1 aliphatic heterocycles. The average Bonchev–Trinajstić information content (AvgIpc) is 3.21. The highest BCUT2D eigenvalue weighted by atomic mass is 32.2. The van der Waals surface area contributed by atoms with E-state index in [4.69, 9.17) is 4.74 Å². The zero-order valence-electron chi connectivity index (χ0n) is 30.5. The van der Waals surface area contributed by atoms with Crippen LogP contribution in [0.25, 0.3) is 0 Å². The maximum Gasteiger partial charge on any atom is 0.453 e. The van der Waals surface area contributed by atoms with E-state index in [1.165, 1.54) is 11.1 Å². The van der Waals surface area contributed by atoms with E-state index in [-0.39, 0.29) is 23.4 Å². The molecule has 1 aromatic carbocycles. The van der Waals surface area contributed by atoms with Gasteiger partial charge in [-0.05, 0) is 130 Å². The van der Waals surface area contributed by atoms with Gasteiger partial charge in [-0.15, -0.1) is 0 Å². The van der Waals surface area contributed by atoms with Gasteiger partial charge < -0.3 is 24.2 Å². The first-order valence-corrected chi connectivity index (χ1v) is 20.9. The lowest BCUT2D eigenvalue weighted by Crippen LogP contribution is -2.47. The van der Waals surface area contributed by atoms with Crippen LogP contribution in [0, 0.1) is 23.2 Å². The fourth-order valence-electron chi connectivity index (χ4n) is 9.73. The molecule has 51 heavy (non-hydrogen) atoms. The highest BCUT2D eigenvalue weighted by Crippen LogP contribution is 2.62. The van der Waals surface area contributed by atoms with E-state index in [9.17, 15) is 36.4 Å². The van der Waals surface area contributed by atoms with Crippen LogP contribution >= 0.6 is 0 Å². The molecule has 7 atom stereocenters. The van der Waals surface area contributed by atoms with Crippen molar-refractivity contribution in [2.45, 2.75) is 134 Å². The van der Waals surface area contributed by atoms with Crippen LogP contribution in [0.15, 0.2) is 18.2 Å². The van der Waals surface area contributed by atoms with Crippen LogP contribution < -0.4 is 4.74 Å². The van der Waals surface area contributed by atoms with Gasteiger partial charge in [0, 0.05) is 26.1 Å². The molecule has 1 amide bonds. The monoisotopic (exact) mass is 746 g/mol. The van der Waals surface area contributed by atoms with Crippen molar-refractivity contribution in [3.8, 4) is 5.75 Å². The number of rotatable bonds is 15. The normalized spacial score (nSPS) is 29.2. The first-order chi connectivity index (χ1) is 24.2. The molecule has 7 unspecified atom stereocenters. The summed E-state index contributed by atoms with van der Waals surface area (Å²) in [6, 6.07) is 6.30. The van der Waals surface area contributed by atoms with Crippen molar-refractivity contribution in [2.24, 2.45) is 23.2 Å². The van der Waals surface area contributed by atoms with Crippen molar-refractivity contribution < 1.29 is 41.1 Å². The number of benzene rings is 1. The van der Waals surface area contributed by atoms with Crippen LogP contribution in [0.1, 0.15) is 120 Å². The summed E-state index contributed by atoms with van der Waals surface area (Å²) >= 11 is -1.37. The van der Waals surface area contributed by atoms with E-state index < -0.39 is 36.1 Å². The minimum absolute atomic E-state index is 0.0224. The second-order valence-electron chi connectivity index (χ2n) is 16.2. The number of unbranched alkanes of at least 4 members (excludes halogenated alkanes) is 6. The summed E-state index contributed by atoms with van der Waals surface area (Å²) in [6.45, 7) is 5.50. The molecule has 4 aliphatic rings. The van der Waals surface area contributed by atoms with Gasteiger partial charge in [-0.1, -0.05) is 56.3 Å². The summed E-state index contributed by atoms with van der Waals surface area (Å²) < 4.78 is 81.1. The van der Waals surface area contributed by atoms with E-state index in [1.54, 1.807) is 0 Å². The number of ether oxygens (including phenoxy) is 1. The standard InChI is InChI=1S/C39H59F5N2O4S/c1-37-19-17-32-31-14-13-30(50-36(48)46-21-11-20-45(2)22-23-46)27-29(31)26-28(35(32)33(37)15-16-34(37)47)12-8-6-4-3-5-7-9-24-51(49)25-10-18-38(40,41)39(42,43)44/h13-14,27-28,32-35,47H,3-12,15-26H2,1-2H3. The van der Waals surface area contributed by atoms with E-state index in [0.717, 1.165) is 96.6 Å². The lowest BCUT2D eigenvalue weighted by atomic mass is 9.52. The number of aliphatic hydroxyl groups excluding tert-OH is 1. The Hall–Kier alpha value is -1.63. The first-order valence-electron chi connectivity index (χ1n) is 19.5. The van der Waals surface area contributed by atoms with Crippen molar-refractivity contribution in [1.82, 2.24) is 9.80 Å². The van der Waals surface area contributed by atoms with Crippen LogP contribution in [0.3, 0.4) is 0 Å². The van der Waals surface area contributed by atoms with Crippen LogP contribution in [-0.4, -0.2) is 88.5 Å². The average molecular weight is 747 g/mol. The fourth-order valence-corrected chi connectivity index (χ4v) is 10.9. The molecule has 1 aromatic rings. The highest BCUT2D eigenvalue weighted by molar-refractivity contribution is 7.91. The molecule has 0 aromatic heterocycles. The van der Waals surface area contributed by atoms with Crippen molar-refractivity contribution in [1.29, 1.82) is 0 Å². The highest BCUT2D eigenvalue weighted by Gasteiger charge is 2.57. The maximum atomic E-state index is 13.1. The smallest absolute Gasteiger partial charge is 0.453 e. The molecule has 0 radical (unpaired) electrons. The van der Waals surface area contributed by atoms with Crippen molar-refractivity contribution in [2.75, 3.05) is 44.7 Å². The van der Waals surface area contributed by atoms with Gasteiger partial charge in [0.1, 0.15) is 17.3 Å². The lowest BCUT2D eigenvalue weighted by Gasteiger charge is -2.53. The molecule has 5 rings (SSSR count). The molecule has 0 bridgehead atoms. The summed E-state index contributed by atoms with van der Waals surface area (Å²) in [7, 11) is 2.08. The second-order valence-corrected chi connectivity index (χ2v) is 17.9. The van der Waals surface area contributed by atoms with Gasteiger partial charge in [0.05, 0.1) is 6.10 Å². The molecule has 1 heterocycles. The molecular formula is C39H59F5N2O4S. The third kappa shape index (κ3) is 10.1. The van der Waals surface area contributed by atoms with Gasteiger partial charge >= 0.3 is 18.2 Å². The lowest BCUT2D eigenvalue weighted by molar-refractivity contribution is -0.284. The summed E-state index contributed by atoms with van der Waals surface area (Å²) in [5, 5.41) is 11.0. The minimum Gasteiger partial charge on any atom is -0.616 e. The van der Waals surface area contributed by atoms with Crippen LogP contribution in [0.2, 0.25) is 0 Å². The van der Waals surface area contributed by atoms with Crippen molar-refractivity contribution >= 4 is 17.3 Å². The molecule has 2 saturated carbocycles. The number of amides is 1. The Labute approximate surface area is 304 Å². The number of likely N-dealkylation sites (N-methyl/N-ethyl adjacent to an activating group) is 1. The molecule has 3 fully saturated rings. The largest absolute Gasteiger partial charge is 0.616 e. The van der Waals surface area contributed by atoms with Gasteiger partial charge in [0.25, 0.3) is 0 Å². The Morgan fingerprint density at radius 1 is 0.961 bits per heavy atom. The van der Waals surface area contributed by atoms with Gasteiger partial charge in [0.2, 0.25) is 0 Å². The number of nitrogens with zero attached hydrogens (tertiary/aromatic N) is 2. The molecule has 6 nitrogen and oxygen atoms in total. The first kappa shape index (κ1) is 40.6. The van der Waals surface area contributed by atoms with Crippen LogP contribution in [-0.2, 0) is 17.6 Å². The quantitative estimate of drug-likeness (QED) is 0.110. The molecule has 3 aliphatic carbocycles. The number of halogens is 5. The third-order valence-electron chi connectivity index (χ3n) is 12.7. The van der Waals surface area contributed by atoms with Gasteiger partial charge in [-0.25, -0.2) is 4.79 Å². The van der Waals surface area contributed by atoms with E-state index in [1.807, 2.05) is 11.0 Å². The van der Waals surface area contributed by atoms with E-state index in [2.05, 4.69) is 31.0 Å². The Bertz CT molecular complexity index is 1290. The van der Waals surface area contributed by atoms with E-state index in [0.29, 0.717) is 54.7 Å². The Kier molecular flexibility index (Phi) is 14.1. The van der Waals surface area contributed by atoms with Crippen molar-refractivity contribution in [3.05, 3.63) is 29.3 Å². The number of aliphatic hydroxyl groups is 1. The number of carbonyl (C=O) groups is 1. The van der Waals surface area contributed by atoms with E-state index >= 15 is 0 Å². The molecule has 0 spiro atoms. The number of carbonyl (C=O) groups excluding carboxylic acids is 1. The summed E-state index contributed by atoms with van der Waals surface area (Å²) in [6.07, 6.45) is 6.25. The zero-order chi connectivity index (χ0) is 36.8. The maximum absolute atomic E-state index is 13.1. The molecule has 1 N–H and O–H groups in total. The van der Waals surface area contributed by atoms with Crippen molar-refractivity contribution in [3.63, 3.8) is 0 Å². The topological polar surface area (TPSA) is 76.1 Å². The molecular weight excluding hydrogens is 687 g/mol. The number of alkyl halides is 5. The zero-order valence-corrected chi connectivity index (χ0v) is 31.4. The third-order valence-corrected chi connectivity index (χ3v) is 14.2. The summed E-state index contributed by atoms with van der Waals surface area (Å²) in [4.78, 5) is 17.1. The molecule has 1 saturated heterocycles. The molecule has 290 valence electrons. The summed E-state index contributed by atoms with van der Waals surface area (Å²) in [5.41, 5.74) is 2.68. The summed E-state index contributed by atoms with van der Waals surface area (Å²) in [5.74, 6) is -1.87. The Morgan fingerprint density at radius 3 is 2.41 bits per heavy atom.